The molecule has 146 valence electrons. The summed E-state index contributed by atoms with van der Waals surface area (Å²) >= 11 is 0. The zero-order valence-electron chi connectivity index (χ0n) is 17.4. The first-order valence-corrected chi connectivity index (χ1v) is 10.7. The Morgan fingerprint density at radius 3 is 2.39 bits per heavy atom. The van der Waals surface area contributed by atoms with Crippen molar-refractivity contribution in [3.8, 4) is 0 Å². The van der Waals surface area contributed by atoms with E-state index in [0.717, 1.165) is 11.2 Å². The molecule has 0 radical (unpaired) electrons. The largest absolute Gasteiger partial charge is 0.455 e. The predicted octanol–water partition coefficient (Wildman–Crippen LogP) is 7.33. The molecule has 0 saturated heterocycles. The van der Waals surface area contributed by atoms with Crippen LogP contribution in [-0.4, -0.2) is 0 Å². The van der Waals surface area contributed by atoms with Gasteiger partial charge in [0.15, 0.2) is 6.20 Å². The van der Waals surface area contributed by atoms with Crippen molar-refractivity contribution >= 4 is 65.2 Å². The molecule has 0 spiro atoms. The van der Waals surface area contributed by atoms with Crippen LogP contribution in [0.4, 0.5) is 0 Å². The summed E-state index contributed by atoms with van der Waals surface area (Å²) < 4.78 is 8.82. The molecule has 31 heavy (non-hydrogen) atoms. The van der Waals surface area contributed by atoms with Crippen LogP contribution in [-0.2, 0) is 7.05 Å². The smallest absolute Gasteiger partial charge is 0.221 e. The SMILES string of the molecule is Cc1cccc2c3oc4cc5ccc6ccccc6c5cc4c3c3ccc[n+](C)c3c12. The van der Waals surface area contributed by atoms with Crippen LogP contribution in [0, 0.1) is 6.92 Å². The highest BCUT2D eigenvalue weighted by Gasteiger charge is 2.21. The third kappa shape index (κ3) is 2.14. The van der Waals surface area contributed by atoms with Crippen LogP contribution < -0.4 is 4.57 Å². The van der Waals surface area contributed by atoms with Crippen molar-refractivity contribution in [2.75, 3.05) is 0 Å². The van der Waals surface area contributed by atoms with E-state index >= 15 is 0 Å². The molecule has 0 amide bonds. The van der Waals surface area contributed by atoms with E-state index in [2.05, 4.69) is 104 Å². The number of hydrogen-bond donors (Lipinski definition) is 0. The van der Waals surface area contributed by atoms with Gasteiger partial charge in [-0.15, -0.1) is 0 Å². The lowest BCUT2D eigenvalue weighted by atomic mass is 9.95. The zero-order valence-corrected chi connectivity index (χ0v) is 17.4. The van der Waals surface area contributed by atoms with E-state index in [0.29, 0.717) is 0 Å². The van der Waals surface area contributed by atoms with E-state index < -0.39 is 0 Å². The van der Waals surface area contributed by atoms with Crippen LogP contribution in [0.25, 0.3) is 65.2 Å². The van der Waals surface area contributed by atoms with Gasteiger partial charge in [0.05, 0.1) is 10.8 Å². The highest BCUT2D eigenvalue weighted by atomic mass is 16.3. The molecule has 0 atom stereocenters. The normalized spacial score (nSPS) is 12.2. The Morgan fingerprint density at radius 2 is 1.45 bits per heavy atom. The second-order valence-electron chi connectivity index (χ2n) is 8.54. The van der Waals surface area contributed by atoms with Gasteiger partial charge in [-0.2, -0.15) is 0 Å². The Kier molecular flexibility index (Phi) is 3.17. The van der Waals surface area contributed by atoms with Gasteiger partial charge in [-0.25, -0.2) is 4.57 Å². The van der Waals surface area contributed by atoms with Crippen LogP contribution in [0.15, 0.2) is 89.5 Å². The molecule has 2 heterocycles. The van der Waals surface area contributed by atoms with Gasteiger partial charge in [0.25, 0.3) is 0 Å². The maximum Gasteiger partial charge on any atom is 0.221 e. The summed E-state index contributed by atoms with van der Waals surface area (Å²) in [6.45, 7) is 2.18. The van der Waals surface area contributed by atoms with Crippen LogP contribution in [0.2, 0.25) is 0 Å². The highest BCUT2D eigenvalue weighted by Crippen LogP contribution is 2.42. The molecule has 0 aliphatic rings. The van der Waals surface area contributed by atoms with Crippen molar-refractivity contribution in [3.05, 3.63) is 90.6 Å². The second-order valence-corrected chi connectivity index (χ2v) is 8.54. The fourth-order valence-electron chi connectivity index (χ4n) is 5.35. The van der Waals surface area contributed by atoms with E-state index in [1.165, 1.54) is 59.6 Å². The Bertz CT molecular complexity index is 1860. The molecule has 2 nitrogen and oxygen atoms in total. The van der Waals surface area contributed by atoms with Crippen molar-refractivity contribution in [2.24, 2.45) is 7.05 Å². The minimum absolute atomic E-state index is 0.944. The van der Waals surface area contributed by atoms with Crippen molar-refractivity contribution in [3.63, 3.8) is 0 Å². The molecule has 0 N–H and O–H groups in total. The fraction of sp³-hybridized carbons (Fsp3) is 0.0690. The summed E-state index contributed by atoms with van der Waals surface area (Å²) in [5, 5.41) is 11.1. The number of furan rings is 1. The van der Waals surface area contributed by atoms with Crippen molar-refractivity contribution < 1.29 is 8.98 Å². The summed E-state index contributed by atoms with van der Waals surface area (Å²) in [4.78, 5) is 0. The number of aromatic nitrogens is 1. The number of pyridine rings is 1. The molecule has 0 unspecified atom stereocenters. The molecule has 0 bridgehead atoms. The molecule has 2 aromatic heterocycles. The first kappa shape index (κ1) is 16.8. The van der Waals surface area contributed by atoms with Crippen molar-refractivity contribution in [1.82, 2.24) is 0 Å². The average molecular weight is 398 g/mol. The minimum atomic E-state index is 0.944. The standard InChI is InChI=1S/C29H20NO/c1-17-7-5-10-22-26(17)28-21(11-6-14-30(28)2)27-24-16-23-19(15-25(24)31-29(22)27)13-12-18-8-3-4-9-20(18)23/h3-16H,1-2H3/q+1. The summed E-state index contributed by atoms with van der Waals surface area (Å²) in [6, 6.07) is 28.4. The summed E-state index contributed by atoms with van der Waals surface area (Å²) in [6.07, 6.45) is 2.13. The topological polar surface area (TPSA) is 17.0 Å². The molecule has 0 fully saturated rings. The summed E-state index contributed by atoms with van der Waals surface area (Å²) in [5.74, 6) is 0. The van der Waals surface area contributed by atoms with Crippen molar-refractivity contribution in [2.45, 2.75) is 6.92 Å². The molecule has 0 saturated carbocycles. The van der Waals surface area contributed by atoms with Crippen LogP contribution >= 0.6 is 0 Å². The Morgan fingerprint density at radius 1 is 0.645 bits per heavy atom. The highest BCUT2D eigenvalue weighted by molar-refractivity contribution is 6.30. The number of aryl methyl sites for hydroxylation is 2. The van der Waals surface area contributed by atoms with Crippen LogP contribution in [0.3, 0.4) is 0 Å². The van der Waals surface area contributed by atoms with Crippen molar-refractivity contribution in [1.29, 1.82) is 0 Å². The molecular weight excluding hydrogens is 378 g/mol. The predicted molar refractivity (Wildman–Crippen MR) is 130 cm³/mol. The first-order valence-electron chi connectivity index (χ1n) is 10.7. The number of benzene rings is 5. The minimum Gasteiger partial charge on any atom is -0.455 e. The average Bonchev–Trinajstić information content (AvgIpc) is 3.17. The number of rotatable bonds is 0. The van der Waals surface area contributed by atoms with Gasteiger partial charge in [0, 0.05) is 22.2 Å². The summed E-state index contributed by atoms with van der Waals surface area (Å²) in [7, 11) is 2.13. The quantitative estimate of drug-likeness (QED) is 0.193. The Balaban J connectivity index is 1.81. The lowest BCUT2D eigenvalue weighted by molar-refractivity contribution is -0.644. The van der Waals surface area contributed by atoms with Gasteiger partial charge >= 0.3 is 0 Å². The first-order chi connectivity index (χ1) is 15.2. The maximum atomic E-state index is 6.58. The fourth-order valence-corrected chi connectivity index (χ4v) is 5.35. The molecule has 5 aromatic carbocycles. The van der Waals surface area contributed by atoms with E-state index in [1.807, 2.05) is 0 Å². The van der Waals surface area contributed by atoms with Crippen LogP contribution in [0.5, 0.6) is 0 Å². The monoisotopic (exact) mass is 398 g/mol. The molecule has 2 heteroatoms. The molecule has 0 aliphatic carbocycles. The number of nitrogens with zero attached hydrogens (tertiary/aromatic N) is 1. The van der Waals surface area contributed by atoms with E-state index in [4.69, 9.17) is 4.42 Å². The summed E-state index contributed by atoms with van der Waals surface area (Å²) in [5.41, 5.74) is 4.44. The zero-order chi connectivity index (χ0) is 20.7. The number of fused-ring (bicyclic) bond motifs is 11. The van der Waals surface area contributed by atoms with Gasteiger partial charge in [0.2, 0.25) is 5.52 Å². The van der Waals surface area contributed by atoms with E-state index in [-0.39, 0.29) is 0 Å². The van der Waals surface area contributed by atoms with E-state index in [1.54, 1.807) is 0 Å². The third-order valence-corrected chi connectivity index (χ3v) is 6.76. The van der Waals surface area contributed by atoms with Gasteiger partial charge in [-0.3, -0.25) is 0 Å². The maximum absolute atomic E-state index is 6.58. The Labute approximate surface area is 178 Å². The van der Waals surface area contributed by atoms with Crippen LogP contribution in [0.1, 0.15) is 5.56 Å². The lowest BCUT2D eigenvalue weighted by Gasteiger charge is -2.07. The third-order valence-electron chi connectivity index (χ3n) is 6.76. The second kappa shape index (κ2) is 5.83. The Hall–Kier alpha value is -3.91. The molecular formula is C29H20NO+. The van der Waals surface area contributed by atoms with Gasteiger partial charge in [-0.05, 0) is 52.2 Å². The molecule has 0 aliphatic heterocycles. The lowest BCUT2D eigenvalue weighted by Crippen LogP contribution is -2.28. The molecule has 7 aromatic rings. The number of hydrogen-bond acceptors (Lipinski definition) is 1. The van der Waals surface area contributed by atoms with Gasteiger partial charge in [-0.1, -0.05) is 54.6 Å². The van der Waals surface area contributed by atoms with Gasteiger partial charge in [0.1, 0.15) is 18.2 Å². The molecule has 7 rings (SSSR count). The van der Waals surface area contributed by atoms with Gasteiger partial charge < -0.3 is 4.42 Å². The van der Waals surface area contributed by atoms with E-state index in [9.17, 15) is 0 Å².